The Morgan fingerprint density at radius 2 is 2.00 bits per heavy atom. The highest BCUT2D eigenvalue weighted by Gasteiger charge is 2.13. The molecule has 0 saturated heterocycles. The topological polar surface area (TPSA) is 78.4 Å². The number of Topliss-reactive ketones (excluding diaryl/α,β-unsaturated/α-hetero) is 1. The van der Waals surface area contributed by atoms with E-state index in [2.05, 4.69) is 9.97 Å². The summed E-state index contributed by atoms with van der Waals surface area (Å²) >= 11 is 0. The molecule has 21 heavy (non-hydrogen) atoms. The molecule has 2 rings (SSSR count). The maximum Gasteiger partial charge on any atom is 0.358 e. The fourth-order valence-electron chi connectivity index (χ4n) is 1.58. The second-order valence-corrected chi connectivity index (χ2v) is 4.27. The molecule has 0 spiro atoms. The van der Waals surface area contributed by atoms with E-state index in [1.807, 2.05) is 0 Å². The molecule has 1 heterocycles. The van der Waals surface area contributed by atoms with Gasteiger partial charge in [0.15, 0.2) is 18.1 Å². The van der Waals surface area contributed by atoms with Crippen LogP contribution in [0.3, 0.4) is 0 Å². The summed E-state index contributed by atoms with van der Waals surface area (Å²) in [6, 6.07) is 6.64. The van der Waals surface area contributed by atoms with Crippen LogP contribution < -0.4 is 4.74 Å². The molecule has 6 nitrogen and oxygen atoms in total. The normalized spacial score (nSPS) is 10.0. The highest BCUT2D eigenvalue weighted by atomic mass is 16.5. The van der Waals surface area contributed by atoms with Crippen molar-refractivity contribution in [2.24, 2.45) is 0 Å². The number of aromatic nitrogens is 2. The Morgan fingerprint density at radius 3 is 2.67 bits per heavy atom. The molecule has 1 aromatic heterocycles. The summed E-state index contributed by atoms with van der Waals surface area (Å²) in [5, 5.41) is 0. The summed E-state index contributed by atoms with van der Waals surface area (Å²) in [6.45, 7) is 1.40. The molecule has 0 bridgehead atoms. The molecule has 0 aliphatic carbocycles. The first-order valence-corrected chi connectivity index (χ1v) is 6.23. The quantitative estimate of drug-likeness (QED) is 0.616. The second-order valence-electron chi connectivity index (χ2n) is 4.27. The maximum absolute atomic E-state index is 11.9. The van der Waals surface area contributed by atoms with Crippen molar-refractivity contribution in [1.29, 1.82) is 0 Å². The number of rotatable bonds is 5. The van der Waals surface area contributed by atoms with Gasteiger partial charge in [0.05, 0.1) is 19.0 Å². The van der Waals surface area contributed by atoms with E-state index in [1.54, 1.807) is 31.2 Å². The Morgan fingerprint density at radius 1 is 1.19 bits per heavy atom. The van der Waals surface area contributed by atoms with Gasteiger partial charge in [-0.3, -0.25) is 9.78 Å². The van der Waals surface area contributed by atoms with Crippen molar-refractivity contribution in [1.82, 2.24) is 9.97 Å². The van der Waals surface area contributed by atoms with E-state index in [9.17, 15) is 9.59 Å². The first kappa shape index (κ1) is 14.6. The molecule has 0 aliphatic rings. The zero-order chi connectivity index (χ0) is 15.2. The van der Waals surface area contributed by atoms with Crippen molar-refractivity contribution < 1.29 is 19.1 Å². The third kappa shape index (κ3) is 3.85. The minimum absolute atomic E-state index is 0.0686. The lowest BCUT2D eigenvalue weighted by molar-refractivity contribution is 0.0468. The maximum atomic E-state index is 11.9. The monoisotopic (exact) mass is 286 g/mol. The molecule has 2 aromatic rings. The number of ketones is 1. The van der Waals surface area contributed by atoms with Crippen LogP contribution in [0.25, 0.3) is 0 Å². The molecule has 0 fully saturated rings. The SMILES string of the molecule is COc1cccc(C(=O)COC(=O)c2cnc(C)cn2)c1. The number of methoxy groups -OCH3 is 1. The van der Waals surface area contributed by atoms with Crippen molar-refractivity contribution in [3.05, 3.63) is 53.6 Å². The summed E-state index contributed by atoms with van der Waals surface area (Å²) in [7, 11) is 1.51. The molecule has 0 amide bonds. The number of carbonyl (C=O) groups is 2. The van der Waals surface area contributed by atoms with E-state index >= 15 is 0 Å². The van der Waals surface area contributed by atoms with Crippen LogP contribution in [0, 0.1) is 6.92 Å². The van der Waals surface area contributed by atoms with Gasteiger partial charge in [-0.2, -0.15) is 0 Å². The van der Waals surface area contributed by atoms with E-state index in [0.29, 0.717) is 17.0 Å². The standard InChI is InChI=1S/C15H14N2O4/c1-10-7-17-13(8-16-10)15(19)21-9-14(18)11-4-3-5-12(6-11)20-2/h3-8H,9H2,1-2H3. The van der Waals surface area contributed by atoms with Crippen LogP contribution >= 0.6 is 0 Å². The highest BCUT2D eigenvalue weighted by molar-refractivity contribution is 5.99. The predicted molar refractivity (Wildman–Crippen MR) is 74.4 cm³/mol. The van der Waals surface area contributed by atoms with Crippen LogP contribution in [0.2, 0.25) is 0 Å². The van der Waals surface area contributed by atoms with Gasteiger partial charge < -0.3 is 9.47 Å². The van der Waals surface area contributed by atoms with Gasteiger partial charge in [-0.05, 0) is 19.1 Å². The van der Waals surface area contributed by atoms with Crippen LogP contribution in [0.1, 0.15) is 26.5 Å². The number of hydrogen-bond acceptors (Lipinski definition) is 6. The Labute approximate surface area is 121 Å². The zero-order valence-electron chi connectivity index (χ0n) is 11.7. The fraction of sp³-hybridized carbons (Fsp3) is 0.200. The van der Waals surface area contributed by atoms with Gasteiger partial charge in [0, 0.05) is 11.8 Å². The number of hydrogen-bond donors (Lipinski definition) is 0. The lowest BCUT2D eigenvalue weighted by Gasteiger charge is -2.05. The van der Waals surface area contributed by atoms with E-state index in [-0.39, 0.29) is 18.1 Å². The molecule has 108 valence electrons. The van der Waals surface area contributed by atoms with Crippen LogP contribution in [-0.4, -0.2) is 35.4 Å². The summed E-state index contributed by atoms with van der Waals surface area (Å²) < 4.78 is 9.96. The predicted octanol–water partition coefficient (Wildman–Crippen LogP) is 1.83. The average Bonchev–Trinajstić information content (AvgIpc) is 2.53. The first-order valence-electron chi connectivity index (χ1n) is 6.23. The third-order valence-electron chi connectivity index (χ3n) is 2.72. The van der Waals surface area contributed by atoms with E-state index < -0.39 is 5.97 Å². The van der Waals surface area contributed by atoms with Crippen LogP contribution in [0.4, 0.5) is 0 Å². The average molecular weight is 286 g/mol. The largest absolute Gasteiger partial charge is 0.497 e. The van der Waals surface area contributed by atoms with Crippen molar-refractivity contribution in [2.75, 3.05) is 13.7 Å². The Hall–Kier alpha value is -2.76. The summed E-state index contributed by atoms with van der Waals surface area (Å²) in [6.07, 6.45) is 2.77. The highest BCUT2D eigenvalue weighted by Crippen LogP contribution is 2.13. The Bertz CT molecular complexity index is 653. The van der Waals surface area contributed by atoms with Crippen molar-refractivity contribution >= 4 is 11.8 Å². The lowest BCUT2D eigenvalue weighted by atomic mass is 10.1. The van der Waals surface area contributed by atoms with Crippen LogP contribution in [-0.2, 0) is 4.74 Å². The molecule has 0 radical (unpaired) electrons. The third-order valence-corrected chi connectivity index (χ3v) is 2.72. The van der Waals surface area contributed by atoms with Gasteiger partial charge in [0.25, 0.3) is 0 Å². The van der Waals surface area contributed by atoms with Crippen LogP contribution in [0.15, 0.2) is 36.7 Å². The molecule has 1 aromatic carbocycles. The van der Waals surface area contributed by atoms with Gasteiger partial charge in [0.2, 0.25) is 0 Å². The summed E-state index contributed by atoms with van der Waals surface area (Å²) in [5.74, 6) is -0.433. The molecule has 0 atom stereocenters. The van der Waals surface area contributed by atoms with Gasteiger partial charge in [-0.25, -0.2) is 9.78 Å². The second kappa shape index (κ2) is 6.60. The molecule has 0 unspecified atom stereocenters. The number of carbonyl (C=O) groups excluding carboxylic acids is 2. The Kier molecular flexibility index (Phi) is 4.61. The zero-order valence-corrected chi connectivity index (χ0v) is 11.7. The molecular weight excluding hydrogens is 272 g/mol. The molecule has 0 N–H and O–H groups in total. The smallest absolute Gasteiger partial charge is 0.358 e. The van der Waals surface area contributed by atoms with Gasteiger partial charge in [0.1, 0.15) is 5.75 Å². The number of esters is 1. The van der Waals surface area contributed by atoms with Crippen molar-refractivity contribution in [3.63, 3.8) is 0 Å². The molecule has 0 saturated carbocycles. The van der Waals surface area contributed by atoms with Gasteiger partial charge in [-0.15, -0.1) is 0 Å². The molecular formula is C15H14N2O4. The van der Waals surface area contributed by atoms with E-state index in [4.69, 9.17) is 9.47 Å². The van der Waals surface area contributed by atoms with E-state index in [1.165, 1.54) is 19.5 Å². The number of nitrogens with zero attached hydrogens (tertiary/aromatic N) is 2. The van der Waals surface area contributed by atoms with Gasteiger partial charge in [-0.1, -0.05) is 12.1 Å². The minimum Gasteiger partial charge on any atom is -0.497 e. The summed E-state index contributed by atoms with van der Waals surface area (Å²) in [5.41, 5.74) is 1.18. The lowest BCUT2D eigenvalue weighted by Crippen LogP contribution is -2.15. The first-order chi connectivity index (χ1) is 10.1. The fourth-order valence-corrected chi connectivity index (χ4v) is 1.58. The molecule has 6 heteroatoms. The number of benzene rings is 1. The summed E-state index contributed by atoms with van der Waals surface area (Å²) in [4.78, 5) is 31.5. The van der Waals surface area contributed by atoms with Crippen molar-refractivity contribution in [2.45, 2.75) is 6.92 Å². The van der Waals surface area contributed by atoms with Crippen molar-refractivity contribution in [3.8, 4) is 5.75 Å². The van der Waals surface area contributed by atoms with E-state index in [0.717, 1.165) is 0 Å². The number of ether oxygens (including phenoxy) is 2. The minimum atomic E-state index is -0.682. The number of aryl methyl sites for hydroxylation is 1. The Balaban J connectivity index is 1.97. The van der Waals surface area contributed by atoms with Gasteiger partial charge >= 0.3 is 5.97 Å². The molecule has 0 aliphatic heterocycles. The van der Waals surface area contributed by atoms with Crippen LogP contribution in [0.5, 0.6) is 5.75 Å².